The van der Waals surface area contributed by atoms with E-state index in [1.807, 2.05) is 0 Å². The van der Waals surface area contributed by atoms with Crippen molar-refractivity contribution in [3.63, 3.8) is 0 Å². The second-order valence-electron chi connectivity index (χ2n) is 5.62. The highest BCUT2D eigenvalue weighted by Crippen LogP contribution is 2.19. The summed E-state index contributed by atoms with van der Waals surface area (Å²) >= 11 is 0. The van der Waals surface area contributed by atoms with Gasteiger partial charge in [0.05, 0.1) is 13.7 Å². The summed E-state index contributed by atoms with van der Waals surface area (Å²) < 4.78 is 16.1. The van der Waals surface area contributed by atoms with Crippen molar-refractivity contribution in [2.45, 2.75) is 26.5 Å². The van der Waals surface area contributed by atoms with Crippen LogP contribution in [-0.2, 0) is 11.3 Å². The van der Waals surface area contributed by atoms with Gasteiger partial charge in [-0.05, 0) is 44.2 Å². The van der Waals surface area contributed by atoms with Gasteiger partial charge in [0.15, 0.2) is 6.10 Å². The fourth-order valence-corrected chi connectivity index (χ4v) is 2.36. The van der Waals surface area contributed by atoms with E-state index in [2.05, 4.69) is 0 Å². The first-order valence-corrected chi connectivity index (χ1v) is 7.70. The highest BCUT2D eigenvalue weighted by Gasteiger charge is 2.22. The number of carboxylic acids is 1. The first-order chi connectivity index (χ1) is 11.8. The van der Waals surface area contributed by atoms with Crippen LogP contribution < -0.4 is 9.47 Å². The number of hydrogen-bond acceptors (Lipinski definition) is 5. The summed E-state index contributed by atoms with van der Waals surface area (Å²) in [6, 6.07) is 8.36. The van der Waals surface area contributed by atoms with E-state index in [9.17, 15) is 9.59 Å². The van der Waals surface area contributed by atoms with E-state index in [4.69, 9.17) is 19.0 Å². The van der Waals surface area contributed by atoms with Crippen molar-refractivity contribution in [1.29, 1.82) is 0 Å². The van der Waals surface area contributed by atoms with Crippen molar-refractivity contribution in [3.05, 3.63) is 47.4 Å². The zero-order valence-corrected chi connectivity index (χ0v) is 14.6. The Morgan fingerprint density at radius 1 is 1.24 bits per heavy atom. The summed E-state index contributed by atoms with van der Waals surface area (Å²) in [6.07, 6.45) is -0.701. The molecule has 0 radical (unpaired) electrons. The second-order valence-corrected chi connectivity index (χ2v) is 5.62. The lowest BCUT2D eigenvalue weighted by Gasteiger charge is -2.21. The van der Waals surface area contributed by atoms with Crippen LogP contribution in [0.1, 0.15) is 28.8 Å². The number of carbonyl (C=O) groups excluding carboxylic acids is 1. The number of ether oxygens (including phenoxy) is 2. The zero-order chi connectivity index (χ0) is 18.6. The van der Waals surface area contributed by atoms with E-state index in [-0.39, 0.29) is 18.0 Å². The molecule has 0 fully saturated rings. The van der Waals surface area contributed by atoms with Crippen LogP contribution in [0.15, 0.2) is 34.7 Å². The van der Waals surface area contributed by atoms with E-state index >= 15 is 0 Å². The van der Waals surface area contributed by atoms with Gasteiger partial charge in [-0.2, -0.15) is 0 Å². The predicted octanol–water partition coefficient (Wildman–Crippen LogP) is 2.72. The molecule has 25 heavy (non-hydrogen) atoms. The summed E-state index contributed by atoms with van der Waals surface area (Å²) in [5, 5.41) is 9.04. The number of methoxy groups -OCH3 is 1. The molecule has 1 atom stereocenters. The average Bonchev–Trinajstić information content (AvgIpc) is 2.95. The van der Waals surface area contributed by atoms with Crippen LogP contribution in [0.25, 0.3) is 0 Å². The molecule has 134 valence electrons. The maximum absolute atomic E-state index is 12.4. The van der Waals surface area contributed by atoms with Gasteiger partial charge in [0.25, 0.3) is 5.91 Å². The summed E-state index contributed by atoms with van der Waals surface area (Å²) in [7, 11) is 3.18. The maximum Gasteiger partial charge on any atom is 0.339 e. The molecule has 0 aliphatic rings. The topological polar surface area (TPSA) is 89.2 Å². The molecule has 7 nitrogen and oxygen atoms in total. The van der Waals surface area contributed by atoms with E-state index in [1.165, 1.54) is 11.0 Å². The van der Waals surface area contributed by atoms with Crippen molar-refractivity contribution >= 4 is 11.9 Å². The third-order valence-electron chi connectivity index (χ3n) is 3.69. The molecule has 2 aromatic rings. The Hall–Kier alpha value is -2.96. The first-order valence-electron chi connectivity index (χ1n) is 7.70. The Labute approximate surface area is 145 Å². The molecule has 0 aliphatic heterocycles. The van der Waals surface area contributed by atoms with Gasteiger partial charge in [0.1, 0.15) is 28.6 Å². The van der Waals surface area contributed by atoms with Crippen LogP contribution in [0.2, 0.25) is 0 Å². The van der Waals surface area contributed by atoms with Gasteiger partial charge >= 0.3 is 5.97 Å². The van der Waals surface area contributed by atoms with Crippen LogP contribution in [-0.4, -0.2) is 42.1 Å². The lowest BCUT2D eigenvalue weighted by Crippen LogP contribution is -2.37. The van der Waals surface area contributed by atoms with Crippen molar-refractivity contribution < 1.29 is 28.6 Å². The number of amides is 1. The van der Waals surface area contributed by atoms with Gasteiger partial charge in [-0.25, -0.2) is 4.79 Å². The van der Waals surface area contributed by atoms with Crippen molar-refractivity contribution in [1.82, 2.24) is 4.90 Å². The van der Waals surface area contributed by atoms with Crippen LogP contribution in [0.3, 0.4) is 0 Å². The number of benzene rings is 1. The fourth-order valence-electron chi connectivity index (χ4n) is 2.36. The number of nitrogens with zero attached hydrogens (tertiary/aromatic N) is 1. The molecule has 0 aliphatic carbocycles. The molecular formula is C18H21NO6. The minimum absolute atomic E-state index is 0.0957. The molecule has 0 saturated carbocycles. The molecule has 1 N–H and O–H groups in total. The van der Waals surface area contributed by atoms with Gasteiger partial charge in [-0.15, -0.1) is 0 Å². The van der Waals surface area contributed by atoms with Gasteiger partial charge in [0, 0.05) is 7.05 Å². The third kappa shape index (κ3) is 4.53. The Morgan fingerprint density at radius 2 is 1.84 bits per heavy atom. The van der Waals surface area contributed by atoms with Gasteiger partial charge in [-0.3, -0.25) is 4.79 Å². The summed E-state index contributed by atoms with van der Waals surface area (Å²) in [6.45, 7) is 3.38. The normalized spacial score (nSPS) is 11.7. The SMILES string of the molecule is COc1ccc(OC(C)C(=O)N(C)Cc2cc(C(=O)O)c(C)o2)cc1. The van der Waals surface area contributed by atoms with Crippen LogP contribution in [0.5, 0.6) is 11.5 Å². The number of rotatable bonds is 7. The Bertz CT molecular complexity index is 749. The van der Waals surface area contributed by atoms with E-state index < -0.39 is 12.1 Å². The highest BCUT2D eigenvalue weighted by atomic mass is 16.5. The van der Waals surface area contributed by atoms with Gasteiger partial charge in [-0.1, -0.05) is 0 Å². The third-order valence-corrected chi connectivity index (χ3v) is 3.69. The number of likely N-dealkylation sites (N-methyl/N-ethyl adjacent to an activating group) is 1. The summed E-state index contributed by atoms with van der Waals surface area (Å²) in [4.78, 5) is 24.9. The summed E-state index contributed by atoms with van der Waals surface area (Å²) in [5.74, 6) is 0.663. The van der Waals surface area contributed by atoms with E-state index in [1.54, 1.807) is 52.3 Å². The number of carbonyl (C=O) groups is 2. The minimum Gasteiger partial charge on any atom is -0.497 e. The molecule has 0 saturated heterocycles. The van der Waals surface area contributed by atoms with Gasteiger partial charge in [0.2, 0.25) is 0 Å². The molecule has 1 aromatic carbocycles. The molecule has 1 unspecified atom stereocenters. The first kappa shape index (κ1) is 18.4. The molecule has 1 amide bonds. The molecule has 0 bridgehead atoms. The lowest BCUT2D eigenvalue weighted by molar-refractivity contribution is -0.137. The molecule has 1 aromatic heterocycles. The number of carboxylic acid groups (broad SMARTS) is 1. The molecule has 2 rings (SSSR count). The maximum atomic E-state index is 12.4. The standard InChI is InChI=1S/C18H21NO6/c1-11-16(18(21)22)9-15(24-11)10-19(3)17(20)12(2)25-14-7-5-13(23-4)6-8-14/h5-9,12H,10H2,1-4H3,(H,21,22). The van der Waals surface area contributed by atoms with Crippen LogP contribution in [0.4, 0.5) is 0 Å². The van der Waals surface area contributed by atoms with Crippen molar-refractivity contribution in [2.75, 3.05) is 14.2 Å². The van der Waals surface area contributed by atoms with Crippen LogP contribution >= 0.6 is 0 Å². The molecule has 7 heteroatoms. The minimum atomic E-state index is -1.06. The van der Waals surface area contributed by atoms with E-state index in [0.29, 0.717) is 23.0 Å². The number of aromatic carboxylic acids is 1. The molecule has 0 spiro atoms. The number of furan rings is 1. The molecule has 1 heterocycles. The molecular weight excluding hydrogens is 326 g/mol. The Kier molecular flexibility index (Phi) is 5.69. The Balaban J connectivity index is 1.98. The largest absolute Gasteiger partial charge is 0.497 e. The highest BCUT2D eigenvalue weighted by molar-refractivity contribution is 5.88. The predicted molar refractivity (Wildman–Crippen MR) is 90.0 cm³/mol. The Morgan fingerprint density at radius 3 is 2.36 bits per heavy atom. The van der Waals surface area contributed by atoms with E-state index in [0.717, 1.165) is 0 Å². The smallest absolute Gasteiger partial charge is 0.339 e. The summed E-state index contributed by atoms with van der Waals surface area (Å²) in [5.41, 5.74) is 0.0957. The van der Waals surface area contributed by atoms with Crippen molar-refractivity contribution in [3.8, 4) is 11.5 Å². The zero-order valence-electron chi connectivity index (χ0n) is 14.6. The number of hydrogen-bond donors (Lipinski definition) is 1. The van der Waals surface area contributed by atoms with Crippen LogP contribution in [0, 0.1) is 6.92 Å². The number of aryl methyl sites for hydroxylation is 1. The monoisotopic (exact) mass is 347 g/mol. The van der Waals surface area contributed by atoms with Crippen molar-refractivity contribution in [2.24, 2.45) is 0 Å². The lowest BCUT2D eigenvalue weighted by atomic mass is 10.2. The average molecular weight is 347 g/mol. The van der Waals surface area contributed by atoms with Gasteiger partial charge < -0.3 is 23.9 Å². The second kappa shape index (κ2) is 7.74. The quantitative estimate of drug-likeness (QED) is 0.828. The fraction of sp³-hybridized carbons (Fsp3) is 0.333.